The molecule has 0 radical (unpaired) electrons. The van der Waals surface area contributed by atoms with Gasteiger partial charge in [-0.3, -0.25) is 0 Å². The maximum absolute atomic E-state index is 11.7. The van der Waals surface area contributed by atoms with Crippen LogP contribution in [0.2, 0.25) is 0 Å². The van der Waals surface area contributed by atoms with E-state index in [0.717, 1.165) is 0 Å². The predicted molar refractivity (Wildman–Crippen MR) is 94.6 cm³/mol. The van der Waals surface area contributed by atoms with Crippen molar-refractivity contribution in [3.8, 4) is 11.5 Å². The molecule has 0 N–H and O–H groups in total. The van der Waals surface area contributed by atoms with E-state index in [1.165, 1.54) is 0 Å². The van der Waals surface area contributed by atoms with E-state index in [-0.39, 0.29) is 18.9 Å². The lowest BCUT2D eigenvalue weighted by Crippen LogP contribution is -2.15. The Kier molecular flexibility index (Phi) is 6.58. The number of esters is 2. The average molecular weight is 412 g/mol. The maximum atomic E-state index is 11.7. The van der Waals surface area contributed by atoms with E-state index < -0.39 is 11.9 Å². The number of nitrogens with zero attached hydrogens (tertiary/aromatic N) is 1. The molecule has 1 heterocycles. The summed E-state index contributed by atoms with van der Waals surface area (Å²) in [6, 6.07) is 3.42. The number of carbonyl (C=O) groups is 2. The lowest BCUT2D eigenvalue weighted by atomic mass is 10.1. The van der Waals surface area contributed by atoms with Crippen LogP contribution in [-0.4, -0.2) is 37.7 Å². The molecule has 0 fully saturated rings. The third-order valence-corrected chi connectivity index (χ3v) is 3.59. The Labute approximate surface area is 153 Å². The smallest absolute Gasteiger partial charge is 0.363 e. The molecule has 1 aromatic carbocycles. The van der Waals surface area contributed by atoms with Crippen molar-refractivity contribution in [3.05, 3.63) is 27.9 Å². The molecule has 0 saturated heterocycles. The highest BCUT2D eigenvalue weighted by Crippen LogP contribution is 2.37. The lowest BCUT2D eigenvalue weighted by Gasteiger charge is -2.14. The Morgan fingerprint density at radius 1 is 1.28 bits per heavy atom. The van der Waals surface area contributed by atoms with Gasteiger partial charge in [0.25, 0.3) is 0 Å². The number of carbonyl (C=O) groups excluding carboxylic acids is 2. The molecule has 1 aliphatic rings. The van der Waals surface area contributed by atoms with Crippen LogP contribution in [0.3, 0.4) is 0 Å². The number of hydrogen-bond donors (Lipinski definition) is 0. The summed E-state index contributed by atoms with van der Waals surface area (Å²) < 4.78 is 21.4. The van der Waals surface area contributed by atoms with Crippen molar-refractivity contribution in [1.29, 1.82) is 0 Å². The molecule has 8 heteroatoms. The Morgan fingerprint density at radius 2 is 2.04 bits per heavy atom. The quantitative estimate of drug-likeness (QED) is 0.506. The summed E-state index contributed by atoms with van der Waals surface area (Å²) in [5.74, 6) is 0.135. The van der Waals surface area contributed by atoms with E-state index >= 15 is 0 Å². The molecule has 134 valence electrons. The molecular formula is C17H18BrNO6. The normalized spacial score (nSPS) is 15.0. The molecule has 0 amide bonds. The Balaban J connectivity index is 2.29. The van der Waals surface area contributed by atoms with Crippen LogP contribution >= 0.6 is 15.9 Å². The van der Waals surface area contributed by atoms with E-state index in [1.54, 1.807) is 32.1 Å². The van der Waals surface area contributed by atoms with Crippen LogP contribution in [0.1, 0.15) is 26.3 Å². The van der Waals surface area contributed by atoms with Crippen molar-refractivity contribution >= 4 is 39.8 Å². The zero-order chi connectivity index (χ0) is 18.4. The van der Waals surface area contributed by atoms with Crippen LogP contribution in [0.25, 0.3) is 6.08 Å². The fraction of sp³-hybridized carbons (Fsp3) is 0.353. The first-order valence-electron chi connectivity index (χ1n) is 7.68. The second-order valence-electron chi connectivity index (χ2n) is 4.91. The summed E-state index contributed by atoms with van der Waals surface area (Å²) in [5.41, 5.74) is 0.872. The first-order chi connectivity index (χ1) is 11.9. The monoisotopic (exact) mass is 411 g/mol. The molecule has 0 aliphatic carbocycles. The van der Waals surface area contributed by atoms with E-state index in [0.29, 0.717) is 34.0 Å². The molecule has 0 atom stereocenters. The molecule has 0 spiro atoms. The standard InChI is InChI=1S/C17H18BrNO6/c1-4-22-14-8-11(7-13-17(21)25-10(3)19-13)6-12(18)16(14)24-9-15(20)23-5-2/h6-8H,4-5,9H2,1-3H3. The minimum absolute atomic E-state index is 0.201. The van der Waals surface area contributed by atoms with Gasteiger partial charge in [0.05, 0.1) is 17.7 Å². The van der Waals surface area contributed by atoms with Crippen molar-refractivity contribution < 1.29 is 28.5 Å². The summed E-state index contributed by atoms with van der Waals surface area (Å²) in [6.07, 6.45) is 1.58. The highest BCUT2D eigenvalue weighted by molar-refractivity contribution is 9.10. The maximum Gasteiger partial charge on any atom is 0.363 e. The van der Waals surface area contributed by atoms with E-state index in [4.69, 9.17) is 18.9 Å². The minimum atomic E-state index is -0.505. The molecule has 0 bridgehead atoms. The number of halogens is 1. The number of cyclic esters (lactones) is 1. The molecule has 25 heavy (non-hydrogen) atoms. The largest absolute Gasteiger partial charge is 0.490 e. The number of rotatable bonds is 7. The first-order valence-corrected chi connectivity index (χ1v) is 8.47. The van der Waals surface area contributed by atoms with Gasteiger partial charge in [-0.1, -0.05) is 0 Å². The summed E-state index contributed by atoms with van der Waals surface area (Å²) in [6.45, 7) is 5.61. The van der Waals surface area contributed by atoms with Crippen LogP contribution in [-0.2, 0) is 19.1 Å². The van der Waals surface area contributed by atoms with Gasteiger partial charge < -0.3 is 18.9 Å². The molecule has 1 aliphatic heterocycles. The summed E-state index contributed by atoms with van der Waals surface area (Å²) >= 11 is 3.40. The molecule has 0 aromatic heterocycles. The first kappa shape index (κ1) is 19.0. The van der Waals surface area contributed by atoms with Crippen LogP contribution in [0.5, 0.6) is 11.5 Å². The molecule has 7 nitrogen and oxygen atoms in total. The van der Waals surface area contributed by atoms with Crippen molar-refractivity contribution in [1.82, 2.24) is 0 Å². The second-order valence-corrected chi connectivity index (χ2v) is 5.76. The lowest BCUT2D eigenvalue weighted by molar-refractivity contribution is -0.145. The Bertz CT molecular complexity index is 741. The summed E-state index contributed by atoms with van der Waals surface area (Å²) in [7, 11) is 0. The number of benzene rings is 1. The van der Waals surface area contributed by atoms with Crippen LogP contribution in [0.15, 0.2) is 27.3 Å². The molecule has 0 saturated carbocycles. The molecule has 1 aromatic rings. The van der Waals surface area contributed by atoms with Crippen molar-refractivity contribution in [2.45, 2.75) is 20.8 Å². The highest BCUT2D eigenvalue weighted by Gasteiger charge is 2.20. The fourth-order valence-corrected chi connectivity index (χ4v) is 2.66. The Morgan fingerprint density at radius 3 is 2.64 bits per heavy atom. The number of aliphatic imine (C=N–C) groups is 1. The van der Waals surface area contributed by atoms with E-state index in [1.807, 2.05) is 6.92 Å². The van der Waals surface area contributed by atoms with Gasteiger partial charge in [-0.25, -0.2) is 14.6 Å². The molecule has 2 rings (SSSR count). The van der Waals surface area contributed by atoms with Crippen molar-refractivity contribution in [2.24, 2.45) is 4.99 Å². The van der Waals surface area contributed by atoms with Crippen molar-refractivity contribution in [3.63, 3.8) is 0 Å². The summed E-state index contributed by atoms with van der Waals surface area (Å²) in [5, 5.41) is 0. The van der Waals surface area contributed by atoms with E-state index in [2.05, 4.69) is 20.9 Å². The minimum Gasteiger partial charge on any atom is -0.490 e. The van der Waals surface area contributed by atoms with Crippen molar-refractivity contribution in [2.75, 3.05) is 19.8 Å². The number of hydrogen-bond acceptors (Lipinski definition) is 7. The zero-order valence-corrected chi connectivity index (χ0v) is 15.7. The second kappa shape index (κ2) is 8.66. The van der Waals surface area contributed by atoms with Gasteiger partial charge in [0.1, 0.15) is 0 Å². The van der Waals surface area contributed by atoms with Gasteiger partial charge in [0.15, 0.2) is 29.7 Å². The van der Waals surface area contributed by atoms with Crippen LogP contribution in [0.4, 0.5) is 0 Å². The van der Waals surface area contributed by atoms with Gasteiger partial charge in [0, 0.05) is 6.92 Å². The van der Waals surface area contributed by atoms with Gasteiger partial charge >= 0.3 is 11.9 Å². The zero-order valence-electron chi connectivity index (χ0n) is 14.1. The van der Waals surface area contributed by atoms with Crippen LogP contribution in [0, 0.1) is 0 Å². The van der Waals surface area contributed by atoms with E-state index in [9.17, 15) is 9.59 Å². The predicted octanol–water partition coefficient (Wildman–Crippen LogP) is 3.11. The van der Waals surface area contributed by atoms with Gasteiger partial charge in [0.2, 0.25) is 0 Å². The Hall–Kier alpha value is -2.35. The summed E-state index contributed by atoms with van der Waals surface area (Å²) in [4.78, 5) is 27.2. The number of ether oxygens (including phenoxy) is 4. The van der Waals surface area contributed by atoms with Gasteiger partial charge in [-0.2, -0.15) is 0 Å². The average Bonchev–Trinajstić information content (AvgIpc) is 2.84. The molecule has 0 unspecified atom stereocenters. The van der Waals surface area contributed by atoms with Crippen LogP contribution < -0.4 is 9.47 Å². The molecular weight excluding hydrogens is 394 g/mol. The highest BCUT2D eigenvalue weighted by atomic mass is 79.9. The van der Waals surface area contributed by atoms with Gasteiger partial charge in [-0.15, -0.1) is 0 Å². The third-order valence-electron chi connectivity index (χ3n) is 3.00. The topological polar surface area (TPSA) is 83.4 Å². The third kappa shape index (κ3) is 5.06. The fourth-order valence-electron chi connectivity index (χ4n) is 2.08. The van der Waals surface area contributed by atoms with Gasteiger partial charge in [-0.05, 0) is 53.5 Å². The SMILES string of the molecule is CCOC(=O)COc1c(Br)cc(C=C2N=C(C)OC2=O)cc1OCC.